The molecule has 1 fully saturated rings. The van der Waals surface area contributed by atoms with Crippen LogP contribution in [0.25, 0.3) is 0 Å². The first-order valence-electron chi connectivity index (χ1n) is 5.91. The van der Waals surface area contributed by atoms with E-state index >= 15 is 0 Å². The number of hydrogen-bond acceptors (Lipinski definition) is 3. The molecular formula is C13H14BrNO3S. The molecule has 0 radical (unpaired) electrons. The monoisotopic (exact) mass is 343 g/mol. The van der Waals surface area contributed by atoms with Crippen LogP contribution in [0.5, 0.6) is 0 Å². The SMILES string of the molecule is O=C(O)C(c1ccc(Br)cc1)N1CC(CS)CC1=O. The maximum absolute atomic E-state index is 11.9. The second kappa shape index (κ2) is 5.96. The number of nitrogens with zero attached hydrogens (tertiary/aromatic N) is 1. The van der Waals surface area contributed by atoms with Crippen molar-refractivity contribution in [2.45, 2.75) is 12.5 Å². The lowest BCUT2D eigenvalue weighted by atomic mass is 10.1. The fourth-order valence-electron chi connectivity index (χ4n) is 2.28. The van der Waals surface area contributed by atoms with Gasteiger partial charge in [0.05, 0.1) is 0 Å². The summed E-state index contributed by atoms with van der Waals surface area (Å²) in [6.07, 6.45) is 0.379. The first-order chi connectivity index (χ1) is 9.02. The highest BCUT2D eigenvalue weighted by Gasteiger charge is 2.37. The summed E-state index contributed by atoms with van der Waals surface area (Å²) in [5.74, 6) is -0.396. The second-order valence-corrected chi connectivity index (χ2v) is 5.87. The van der Waals surface area contributed by atoms with Gasteiger partial charge in [0.25, 0.3) is 0 Å². The Morgan fingerprint density at radius 3 is 2.58 bits per heavy atom. The average Bonchev–Trinajstić information content (AvgIpc) is 2.73. The first-order valence-corrected chi connectivity index (χ1v) is 7.34. The molecule has 1 saturated heterocycles. The minimum absolute atomic E-state index is 0.116. The molecule has 4 nitrogen and oxygen atoms in total. The molecule has 1 N–H and O–H groups in total. The van der Waals surface area contributed by atoms with Gasteiger partial charge < -0.3 is 10.0 Å². The van der Waals surface area contributed by atoms with E-state index in [2.05, 4.69) is 28.6 Å². The minimum Gasteiger partial charge on any atom is -0.479 e. The molecule has 0 bridgehead atoms. The van der Waals surface area contributed by atoms with Crippen LogP contribution in [0.1, 0.15) is 18.0 Å². The number of aliphatic carboxylic acids is 1. The van der Waals surface area contributed by atoms with Crippen molar-refractivity contribution in [3.63, 3.8) is 0 Å². The molecule has 0 spiro atoms. The summed E-state index contributed by atoms with van der Waals surface area (Å²) in [5.41, 5.74) is 0.615. The van der Waals surface area contributed by atoms with Gasteiger partial charge in [-0.2, -0.15) is 12.6 Å². The summed E-state index contributed by atoms with van der Waals surface area (Å²) in [6, 6.07) is 6.10. The van der Waals surface area contributed by atoms with Crippen molar-refractivity contribution < 1.29 is 14.7 Å². The zero-order valence-corrected chi connectivity index (χ0v) is 12.6. The fourth-order valence-corrected chi connectivity index (χ4v) is 2.79. The van der Waals surface area contributed by atoms with Crippen LogP contribution in [0.2, 0.25) is 0 Å². The highest BCUT2D eigenvalue weighted by Crippen LogP contribution is 2.30. The Morgan fingerprint density at radius 1 is 1.47 bits per heavy atom. The highest BCUT2D eigenvalue weighted by molar-refractivity contribution is 9.10. The number of rotatable bonds is 4. The van der Waals surface area contributed by atoms with Gasteiger partial charge in [0.15, 0.2) is 6.04 Å². The van der Waals surface area contributed by atoms with Crippen LogP contribution < -0.4 is 0 Å². The largest absolute Gasteiger partial charge is 0.479 e. The molecule has 0 saturated carbocycles. The van der Waals surface area contributed by atoms with Crippen LogP contribution in [0, 0.1) is 5.92 Å². The summed E-state index contributed by atoms with van der Waals surface area (Å²) < 4.78 is 0.876. The molecule has 1 aliphatic rings. The van der Waals surface area contributed by atoms with Crippen molar-refractivity contribution in [1.29, 1.82) is 0 Å². The Kier molecular flexibility index (Phi) is 4.52. The van der Waals surface area contributed by atoms with E-state index < -0.39 is 12.0 Å². The molecule has 0 aromatic heterocycles. The van der Waals surface area contributed by atoms with Crippen LogP contribution in [0.4, 0.5) is 0 Å². The average molecular weight is 344 g/mol. The van der Waals surface area contributed by atoms with E-state index in [1.807, 2.05) is 0 Å². The summed E-state index contributed by atoms with van der Waals surface area (Å²) in [4.78, 5) is 24.9. The maximum atomic E-state index is 11.9. The smallest absolute Gasteiger partial charge is 0.331 e. The fraction of sp³-hybridized carbons (Fsp3) is 0.385. The molecular weight excluding hydrogens is 330 g/mol. The van der Waals surface area contributed by atoms with E-state index in [0.29, 0.717) is 24.3 Å². The van der Waals surface area contributed by atoms with Crippen LogP contribution in [-0.2, 0) is 9.59 Å². The Balaban J connectivity index is 2.28. The molecule has 19 heavy (non-hydrogen) atoms. The van der Waals surface area contributed by atoms with Gasteiger partial charge in [0.2, 0.25) is 5.91 Å². The zero-order valence-electron chi connectivity index (χ0n) is 10.1. The van der Waals surface area contributed by atoms with Crippen molar-refractivity contribution in [3.05, 3.63) is 34.3 Å². The zero-order chi connectivity index (χ0) is 14.0. The number of carbonyl (C=O) groups is 2. The van der Waals surface area contributed by atoms with Gasteiger partial charge in [-0.1, -0.05) is 28.1 Å². The van der Waals surface area contributed by atoms with Crippen molar-refractivity contribution in [2.24, 2.45) is 5.92 Å². The predicted octanol–water partition coefficient (Wildman–Crippen LogP) is 2.35. The predicted molar refractivity (Wildman–Crippen MR) is 78.2 cm³/mol. The summed E-state index contributed by atoms with van der Waals surface area (Å²) in [7, 11) is 0. The number of amides is 1. The quantitative estimate of drug-likeness (QED) is 0.825. The van der Waals surface area contributed by atoms with Gasteiger partial charge in [0.1, 0.15) is 0 Å². The van der Waals surface area contributed by atoms with Crippen LogP contribution in [-0.4, -0.2) is 34.2 Å². The van der Waals surface area contributed by atoms with E-state index in [-0.39, 0.29) is 11.8 Å². The van der Waals surface area contributed by atoms with Crippen LogP contribution >= 0.6 is 28.6 Å². The molecule has 2 rings (SSSR count). The summed E-state index contributed by atoms with van der Waals surface area (Å²) >= 11 is 7.50. The van der Waals surface area contributed by atoms with E-state index in [1.165, 1.54) is 4.90 Å². The number of hydrogen-bond donors (Lipinski definition) is 2. The molecule has 1 aliphatic heterocycles. The lowest BCUT2D eigenvalue weighted by Crippen LogP contribution is -2.35. The standard InChI is InChI=1S/C13H14BrNO3S/c14-10-3-1-9(2-4-10)12(13(17)18)15-6-8(7-19)5-11(15)16/h1-4,8,12,19H,5-7H2,(H,17,18). The number of thiol groups is 1. The normalized spacial score (nSPS) is 20.6. The number of carboxylic acids is 1. The first kappa shape index (κ1) is 14.4. The van der Waals surface area contributed by atoms with Crippen molar-refractivity contribution in [3.8, 4) is 0 Å². The minimum atomic E-state index is -1.00. The Labute approximate surface area is 125 Å². The topological polar surface area (TPSA) is 57.6 Å². The summed E-state index contributed by atoms with van der Waals surface area (Å²) in [6.45, 7) is 0.454. The van der Waals surface area contributed by atoms with E-state index in [4.69, 9.17) is 0 Å². The summed E-state index contributed by atoms with van der Waals surface area (Å²) in [5, 5.41) is 9.41. The Morgan fingerprint density at radius 2 is 2.11 bits per heavy atom. The molecule has 1 aromatic carbocycles. The van der Waals surface area contributed by atoms with Crippen LogP contribution in [0.3, 0.4) is 0 Å². The van der Waals surface area contributed by atoms with Crippen molar-refractivity contribution in [1.82, 2.24) is 4.90 Å². The van der Waals surface area contributed by atoms with Crippen LogP contribution in [0.15, 0.2) is 28.7 Å². The second-order valence-electron chi connectivity index (χ2n) is 4.59. The molecule has 2 unspecified atom stereocenters. The molecule has 102 valence electrons. The number of carbonyl (C=O) groups excluding carboxylic acids is 1. The molecule has 1 heterocycles. The number of benzene rings is 1. The van der Waals surface area contributed by atoms with E-state index in [0.717, 1.165) is 4.47 Å². The van der Waals surface area contributed by atoms with Gasteiger partial charge in [-0.15, -0.1) is 0 Å². The lowest BCUT2D eigenvalue weighted by molar-refractivity contribution is -0.148. The third-order valence-electron chi connectivity index (χ3n) is 3.23. The van der Waals surface area contributed by atoms with Crippen molar-refractivity contribution >= 4 is 40.4 Å². The van der Waals surface area contributed by atoms with E-state index in [9.17, 15) is 14.7 Å². The number of likely N-dealkylation sites (tertiary alicyclic amines) is 1. The third kappa shape index (κ3) is 3.12. The number of carboxylic acid groups (broad SMARTS) is 1. The molecule has 1 amide bonds. The molecule has 2 atom stereocenters. The third-order valence-corrected chi connectivity index (χ3v) is 4.27. The van der Waals surface area contributed by atoms with Gasteiger partial charge in [-0.05, 0) is 29.4 Å². The van der Waals surface area contributed by atoms with Gasteiger partial charge in [-0.25, -0.2) is 4.79 Å². The van der Waals surface area contributed by atoms with Gasteiger partial charge >= 0.3 is 5.97 Å². The maximum Gasteiger partial charge on any atom is 0.331 e. The lowest BCUT2D eigenvalue weighted by Gasteiger charge is -2.25. The van der Waals surface area contributed by atoms with E-state index in [1.54, 1.807) is 24.3 Å². The molecule has 6 heteroatoms. The van der Waals surface area contributed by atoms with Gasteiger partial charge in [0, 0.05) is 17.4 Å². The highest BCUT2D eigenvalue weighted by atomic mass is 79.9. The molecule has 1 aromatic rings. The number of halogens is 1. The molecule has 0 aliphatic carbocycles. The Hall–Kier alpha value is -1.01. The van der Waals surface area contributed by atoms with Crippen molar-refractivity contribution in [2.75, 3.05) is 12.3 Å². The Bertz CT molecular complexity index is 491. The van der Waals surface area contributed by atoms with Gasteiger partial charge in [-0.3, -0.25) is 4.79 Å².